The molecule has 1 aromatic heterocycles. The third-order valence-corrected chi connectivity index (χ3v) is 4.46. The van der Waals surface area contributed by atoms with Crippen LogP contribution in [0.2, 0.25) is 0 Å². The Hall–Kier alpha value is -1.47. The molecule has 7 heteroatoms. The molecule has 0 spiro atoms. The number of hydrogen-bond donors (Lipinski definition) is 1. The van der Waals surface area contributed by atoms with Crippen LogP contribution in [0.15, 0.2) is 12.7 Å². The van der Waals surface area contributed by atoms with Crippen molar-refractivity contribution in [3.05, 3.63) is 12.7 Å². The van der Waals surface area contributed by atoms with Gasteiger partial charge in [0.05, 0.1) is 19.3 Å². The topological polar surface area (TPSA) is 72.3 Å². The Labute approximate surface area is 131 Å². The molecular weight excluding hydrogens is 282 g/mol. The molecule has 1 aromatic rings. The average molecular weight is 307 g/mol. The first kappa shape index (κ1) is 15.4. The zero-order valence-corrected chi connectivity index (χ0v) is 13.0. The molecule has 1 saturated carbocycles. The van der Waals surface area contributed by atoms with Crippen molar-refractivity contribution in [2.45, 2.75) is 50.8 Å². The Morgan fingerprint density at radius 2 is 2.23 bits per heavy atom. The highest BCUT2D eigenvalue weighted by Crippen LogP contribution is 2.17. The summed E-state index contributed by atoms with van der Waals surface area (Å²) in [6.07, 6.45) is 8.72. The van der Waals surface area contributed by atoms with Crippen molar-refractivity contribution in [1.82, 2.24) is 25.0 Å². The van der Waals surface area contributed by atoms with Gasteiger partial charge in [0.2, 0.25) is 5.91 Å². The van der Waals surface area contributed by atoms with Gasteiger partial charge in [0.15, 0.2) is 0 Å². The average Bonchev–Trinajstić information content (AvgIpc) is 3.19. The lowest BCUT2D eigenvalue weighted by molar-refractivity contribution is -0.122. The zero-order valence-electron chi connectivity index (χ0n) is 13.0. The summed E-state index contributed by atoms with van der Waals surface area (Å²) in [5.74, 6) is 0.186. The molecule has 1 N–H and O–H groups in total. The molecule has 22 heavy (non-hydrogen) atoms. The normalized spacial score (nSPS) is 23.7. The minimum atomic E-state index is 0.119. The second kappa shape index (κ2) is 7.69. The first-order valence-corrected chi connectivity index (χ1v) is 8.25. The molecule has 0 radical (unpaired) electrons. The maximum absolute atomic E-state index is 12.0. The standard InChI is InChI=1S/C15H25N5O2/c21-15(18-13-3-1-2-4-13)5-6-19-7-8-22-14(9-19)10-20-12-16-11-17-20/h11-14H,1-10H2,(H,18,21)/t14-/m1/s1. The smallest absolute Gasteiger partial charge is 0.221 e. The number of amides is 1. The van der Waals surface area contributed by atoms with Crippen molar-refractivity contribution in [1.29, 1.82) is 0 Å². The Bertz CT molecular complexity index is 459. The van der Waals surface area contributed by atoms with Gasteiger partial charge in [0.25, 0.3) is 0 Å². The summed E-state index contributed by atoms with van der Waals surface area (Å²) < 4.78 is 7.56. The molecule has 1 saturated heterocycles. The van der Waals surface area contributed by atoms with E-state index < -0.39 is 0 Å². The van der Waals surface area contributed by atoms with Crippen molar-refractivity contribution >= 4 is 5.91 Å². The lowest BCUT2D eigenvalue weighted by Crippen LogP contribution is -2.45. The molecule has 2 fully saturated rings. The van der Waals surface area contributed by atoms with Crippen LogP contribution >= 0.6 is 0 Å². The molecule has 122 valence electrons. The van der Waals surface area contributed by atoms with Crippen LogP contribution in [0.25, 0.3) is 0 Å². The minimum absolute atomic E-state index is 0.119. The molecule has 0 aromatic carbocycles. The molecule has 3 rings (SSSR count). The Morgan fingerprint density at radius 3 is 3.00 bits per heavy atom. The van der Waals surface area contributed by atoms with Crippen LogP contribution in [-0.4, -0.2) is 64.0 Å². The predicted molar refractivity (Wildman–Crippen MR) is 81.2 cm³/mol. The Morgan fingerprint density at radius 1 is 1.36 bits per heavy atom. The number of ether oxygens (including phenoxy) is 1. The fraction of sp³-hybridized carbons (Fsp3) is 0.800. The van der Waals surface area contributed by atoms with E-state index in [9.17, 15) is 4.79 Å². The van der Waals surface area contributed by atoms with E-state index in [1.54, 1.807) is 11.0 Å². The SMILES string of the molecule is O=C(CCN1CCO[C@@H](Cn2cncn2)C1)NC1CCCC1. The summed E-state index contributed by atoms with van der Waals surface area (Å²) in [7, 11) is 0. The molecule has 1 aliphatic heterocycles. The molecular formula is C15H25N5O2. The minimum Gasteiger partial charge on any atom is -0.374 e. The van der Waals surface area contributed by atoms with Crippen LogP contribution in [0, 0.1) is 0 Å². The third-order valence-electron chi connectivity index (χ3n) is 4.46. The van der Waals surface area contributed by atoms with E-state index in [0.717, 1.165) is 32.5 Å². The van der Waals surface area contributed by atoms with Crippen LogP contribution in [-0.2, 0) is 16.1 Å². The second-order valence-corrected chi connectivity index (χ2v) is 6.21. The zero-order chi connectivity index (χ0) is 15.2. The molecule has 2 heterocycles. The van der Waals surface area contributed by atoms with E-state index in [2.05, 4.69) is 20.3 Å². The van der Waals surface area contributed by atoms with E-state index in [1.807, 2.05) is 0 Å². The van der Waals surface area contributed by atoms with Gasteiger partial charge in [-0.05, 0) is 12.8 Å². The van der Waals surface area contributed by atoms with Gasteiger partial charge >= 0.3 is 0 Å². The number of hydrogen-bond acceptors (Lipinski definition) is 5. The highest BCUT2D eigenvalue weighted by Gasteiger charge is 2.22. The highest BCUT2D eigenvalue weighted by atomic mass is 16.5. The van der Waals surface area contributed by atoms with E-state index in [-0.39, 0.29) is 12.0 Å². The van der Waals surface area contributed by atoms with Gasteiger partial charge in [0, 0.05) is 32.1 Å². The van der Waals surface area contributed by atoms with Gasteiger partial charge in [-0.25, -0.2) is 4.98 Å². The fourth-order valence-electron chi connectivity index (χ4n) is 3.26. The summed E-state index contributed by atoms with van der Waals surface area (Å²) in [4.78, 5) is 18.2. The highest BCUT2D eigenvalue weighted by molar-refractivity contribution is 5.76. The van der Waals surface area contributed by atoms with Gasteiger partial charge in [-0.3, -0.25) is 14.4 Å². The van der Waals surface area contributed by atoms with Gasteiger partial charge in [-0.15, -0.1) is 0 Å². The molecule has 0 unspecified atom stereocenters. The molecule has 1 atom stereocenters. The summed E-state index contributed by atoms with van der Waals surface area (Å²) in [6, 6.07) is 0.414. The summed E-state index contributed by atoms with van der Waals surface area (Å²) in [5, 5.41) is 7.26. The van der Waals surface area contributed by atoms with Crippen molar-refractivity contribution in [2.75, 3.05) is 26.2 Å². The quantitative estimate of drug-likeness (QED) is 0.825. The lowest BCUT2D eigenvalue weighted by Gasteiger charge is -2.32. The summed E-state index contributed by atoms with van der Waals surface area (Å²) in [6.45, 7) is 3.96. The van der Waals surface area contributed by atoms with Gasteiger partial charge < -0.3 is 10.1 Å². The van der Waals surface area contributed by atoms with Gasteiger partial charge in [-0.1, -0.05) is 12.8 Å². The van der Waals surface area contributed by atoms with Crippen LogP contribution in [0.5, 0.6) is 0 Å². The van der Waals surface area contributed by atoms with Crippen LogP contribution < -0.4 is 5.32 Å². The van der Waals surface area contributed by atoms with Crippen molar-refractivity contribution in [2.24, 2.45) is 0 Å². The lowest BCUT2D eigenvalue weighted by atomic mass is 10.2. The molecule has 1 aliphatic carbocycles. The van der Waals surface area contributed by atoms with Crippen LogP contribution in [0.3, 0.4) is 0 Å². The van der Waals surface area contributed by atoms with Crippen molar-refractivity contribution in [3.63, 3.8) is 0 Å². The maximum Gasteiger partial charge on any atom is 0.221 e. The number of aromatic nitrogens is 3. The fourth-order valence-corrected chi connectivity index (χ4v) is 3.26. The first-order valence-electron chi connectivity index (χ1n) is 8.25. The monoisotopic (exact) mass is 307 g/mol. The Balaban J connectivity index is 1.37. The van der Waals surface area contributed by atoms with E-state index in [1.165, 1.54) is 19.2 Å². The van der Waals surface area contributed by atoms with E-state index in [0.29, 0.717) is 25.6 Å². The maximum atomic E-state index is 12.0. The number of nitrogens with one attached hydrogen (secondary N) is 1. The number of nitrogens with zero attached hydrogens (tertiary/aromatic N) is 4. The van der Waals surface area contributed by atoms with Crippen molar-refractivity contribution in [3.8, 4) is 0 Å². The van der Waals surface area contributed by atoms with Gasteiger partial charge in [-0.2, -0.15) is 5.10 Å². The summed E-state index contributed by atoms with van der Waals surface area (Å²) >= 11 is 0. The van der Waals surface area contributed by atoms with Gasteiger partial charge in [0.1, 0.15) is 12.7 Å². The third kappa shape index (κ3) is 4.51. The number of rotatable bonds is 6. The number of morpholine rings is 1. The first-order chi connectivity index (χ1) is 10.8. The molecule has 2 aliphatic rings. The van der Waals surface area contributed by atoms with E-state index >= 15 is 0 Å². The predicted octanol–water partition coefficient (Wildman–Crippen LogP) is 0.428. The largest absolute Gasteiger partial charge is 0.374 e. The van der Waals surface area contributed by atoms with Crippen LogP contribution in [0.4, 0.5) is 0 Å². The van der Waals surface area contributed by atoms with Crippen molar-refractivity contribution < 1.29 is 9.53 Å². The Kier molecular flexibility index (Phi) is 5.39. The van der Waals surface area contributed by atoms with E-state index in [4.69, 9.17) is 4.74 Å². The number of carbonyl (C=O) groups is 1. The number of carbonyl (C=O) groups excluding carboxylic acids is 1. The molecule has 1 amide bonds. The summed E-state index contributed by atoms with van der Waals surface area (Å²) in [5.41, 5.74) is 0. The van der Waals surface area contributed by atoms with Crippen LogP contribution in [0.1, 0.15) is 32.1 Å². The molecule has 0 bridgehead atoms. The second-order valence-electron chi connectivity index (χ2n) is 6.21. The molecule has 7 nitrogen and oxygen atoms in total.